The Hall–Kier alpha value is -0.0900. The molecule has 0 aromatic carbocycles. The van der Waals surface area contributed by atoms with Gasteiger partial charge in [-0.3, -0.25) is 0 Å². The van der Waals surface area contributed by atoms with Gasteiger partial charge in [0.1, 0.15) is 0 Å². The molecule has 0 amide bonds. The lowest BCUT2D eigenvalue weighted by molar-refractivity contribution is -0.0603. The van der Waals surface area contributed by atoms with Crippen molar-refractivity contribution in [2.45, 2.75) is 57.8 Å². The average Bonchev–Trinajstić information content (AvgIpc) is 2.81. The maximum Gasteiger partial charge on any atom is 0.150 e. The van der Waals surface area contributed by atoms with E-state index in [9.17, 15) is 8.42 Å². The van der Waals surface area contributed by atoms with Crippen LogP contribution in [0.2, 0.25) is 0 Å². The van der Waals surface area contributed by atoms with Crippen molar-refractivity contribution in [3.05, 3.63) is 0 Å². The van der Waals surface area contributed by atoms with E-state index in [1.54, 1.807) is 0 Å². The first-order valence-electron chi connectivity index (χ1n) is 9.80. The Kier molecular flexibility index (Phi) is 4.28. The van der Waals surface area contributed by atoms with Crippen LogP contribution >= 0.6 is 0 Å². The molecule has 1 heterocycles. The first-order valence-corrected chi connectivity index (χ1v) is 11.6. The minimum absolute atomic E-state index is 0.419. The van der Waals surface area contributed by atoms with Crippen LogP contribution in [0.4, 0.5) is 0 Å². The van der Waals surface area contributed by atoms with E-state index in [1.807, 2.05) is 0 Å². The zero-order valence-corrected chi connectivity index (χ0v) is 15.5. The third kappa shape index (κ3) is 3.63. The van der Waals surface area contributed by atoms with Gasteiger partial charge in [-0.25, -0.2) is 8.42 Å². The van der Waals surface area contributed by atoms with Crippen molar-refractivity contribution in [2.24, 2.45) is 29.1 Å². The molecule has 5 fully saturated rings. The summed E-state index contributed by atoms with van der Waals surface area (Å²) in [4.78, 5) is 2.48. The number of rotatable bonds is 6. The standard InChI is InChI=1S/C19H33NO2S/c1-20(5-2-15-3-7-23(21,22)14-15)6-4-19-11-16-8-17(12-19)10-18(9-16)13-19/h15-18H,2-14H2,1H3. The Morgan fingerprint density at radius 2 is 1.61 bits per heavy atom. The second-order valence-electron chi connectivity index (χ2n) is 9.53. The van der Waals surface area contributed by atoms with Gasteiger partial charge < -0.3 is 4.90 Å². The third-order valence-corrected chi connectivity index (χ3v) is 9.27. The number of sulfone groups is 1. The fraction of sp³-hybridized carbons (Fsp3) is 1.00. The van der Waals surface area contributed by atoms with Gasteiger partial charge in [0.15, 0.2) is 9.84 Å². The van der Waals surface area contributed by atoms with E-state index in [2.05, 4.69) is 11.9 Å². The number of nitrogens with zero attached hydrogens (tertiary/aromatic N) is 1. The molecule has 1 unspecified atom stereocenters. The molecule has 132 valence electrons. The molecule has 3 nitrogen and oxygen atoms in total. The SMILES string of the molecule is CN(CCC1CCS(=O)(=O)C1)CCC12CC3CC(CC(C3)C1)C2. The number of hydrogen-bond donors (Lipinski definition) is 0. The lowest BCUT2D eigenvalue weighted by atomic mass is 9.49. The van der Waals surface area contributed by atoms with Crippen LogP contribution in [0.15, 0.2) is 0 Å². The summed E-state index contributed by atoms with van der Waals surface area (Å²) in [6.45, 7) is 2.29. The predicted octanol–water partition coefficient (Wildman–Crippen LogP) is 3.35. The van der Waals surface area contributed by atoms with Crippen molar-refractivity contribution in [2.75, 3.05) is 31.6 Å². The van der Waals surface area contributed by atoms with Crippen molar-refractivity contribution in [1.82, 2.24) is 4.90 Å². The fourth-order valence-corrected chi connectivity index (χ4v) is 8.55. The van der Waals surface area contributed by atoms with E-state index in [-0.39, 0.29) is 0 Å². The van der Waals surface area contributed by atoms with Crippen LogP contribution in [0.3, 0.4) is 0 Å². The Morgan fingerprint density at radius 3 is 2.13 bits per heavy atom. The van der Waals surface area contributed by atoms with Gasteiger partial charge in [0.2, 0.25) is 0 Å². The van der Waals surface area contributed by atoms with Crippen molar-refractivity contribution in [1.29, 1.82) is 0 Å². The Balaban J connectivity index is 1.23. The molecule has 0 aromatic heterocycles. The fourth-order valence-electron chi connectivity index (χ4n) is 6.64. The van der Waals surface area contributed by atoms with Crippen LogP contribution in [-0.2, 0) is 9.84 Å². The van der Waals surface area contributed by atoms with Gasteiger partial charge in [-0.05, 0) is 107 Å². The zero-order chi connectivity index (χ0) is 16.1. The first-order chi connectivity index (χ1) is 10.9. The highest BCUT2D eigenvalue weighted by Gasteiger charge is 2.50. The minimum atomic E-state index is -2.70. The molecule has 1 saturated heterocycles. The molecular weight excluding hydrogens is 306 g/mol. The predicted molar refractivity (Wildman–Crippen MR) is 94.1 cm³/mol. The van der Waals surface area contributed by atoms with E-state index in [1.165, 1.54) is 51.5 Å². The summed E-state index contributed by atoms with van der Waals surface area (Å²) in [6.07, 6.45) is 12.5. The summed E-state index contributed by atoms with van der Waals surface area (Å²) in [7, 11) is -0.465. The molecule has 0 aromatic rings. The van der Waals surface area contributed by atoms with Crippen LogP contribution < -0.4 is 0 Å². The van der Waals surface area contributed by atoms with Crippen LogP contribution in [0.5, 0.6) is 0 Å². The quantitative estimate of drug-likeness (QED) is 0.745. The molecular formula is C19H33NO2S. The Labute approximate surface area is 142 Å². The van der Waals surface area contributed by atoms with E-state index in [4.69, 9.17) is 0 Å². The summed E-state index contributed by atoms with van der Waals surface area (Å²) in [5, 5.41) is 0. The van der Waals surface area contributed by atoms with Gasteiger partial charge in [-0.1, -0.05) is 0 Å². The van der Waals surface area contributed by atoms with Crippen molar-refractivity contribution < 1.29 is 8.42 Å². The molecule has 4 aliphatic carbocycles. The van der Waals surface area contributed by atoms with Crippen LogP contribution in [0.25, 0.3) is 0 Å². The van der Waals surface area contributed by atoms with Gasteiger partial charge in [0, 0.05) is 0 Å². The largest absolute Gasteiger partial charge is 0.306 e. The molecule has 4 saturated carbocycles. The summed E-state index contributed by atoms with van der Waals surface area (Å²) in [6, 6.07) is 0. The zero-order valence-electron chi connectivity index (χ0n) is 14.7. The smallest absolute Gasteiger partial charge is 0.150 e. The second kappa shape index (κ2) is 6.01. The molecule has 0 radical (unpaired) electrons. The second-order valence-corrected chi connectivity index (χ2v) is 11.8. The molecule has 1 aliphatic heterocycles. The summed E-state index contributed by atoms with van der Waals surface area (Å²) in [5.41, 5.74) is 0.680. The lowest BCUT2D eigenvalue weighted by Gasteiger charge is -2.57. The van der Waals surface area contributed by atoms with Crippen LogP contribution in [0.1, 0.15) is 57.8 Å². The van der Waals surface area contributed by atoms with E-state index in [0.29, 0.717) is 22.8 Å². The summed E-state index contributed by atoms with van der Waals surface area (Å²) < 4.78 is 23.1. The molecule has 4 bridgehead atoms. The number of hydrogen-bond acceptors (Lipinski definition) is 3. The molecule has 0 spiro atoms. The molecule has 4 heteroatoms. The highest BCUT2D eigenvalue weighted by atomic mass is 32.2. The normalized spacial score (nSPS) is 44.3. The van der Waals surface area contributed by atoms with Gasteiger partial charge in [0.05, 0.1) is 11.5 Å². The van der Waals surface area contributed by atoms with Crippen molar-refractivity contribution in [3.8, 4) is 0 Å². The summed E-state index contributed by atoms with van der Waals surface area (Å²) >= 11 is 0. The maximum atomic E-state index is 11.6. The summed E-state index contributed by atoms with van der Waals surface area (Å²) in [5.74, 6) is 4.44. The minimum Gasteiger partial charge on any atom is -0.306 e. The molecule has 5 rings (SSSR count). The average molecular weight is 340 g/mol. The van der Waals surface area contributed by atoms with Gasteiger partial charge in [0.25, 0.3) is 0 Å². The molecule has 1 atom stereocenters. The maximum absolute atomic E-state index is 11.6. The highest BCUT2D eigenvalue weighted by molar-refractivity contribution is 7.91. The third-order valence-electron chi connectivity index (χ3n) is 7.43. The van der Waals surface area contributed by atoms with E-state index in [0.717, 1.165) is 37.1 Å². The topological polar surface area (TPSA) is 37.4 Å². The molecule has 0 N–H and O–H groups in total. The molecule has 5 aliphatic rings. The first kappa shape index (κ1) is 16.4. The lowest BCUT2D eigenvalue weighted by Crippen LogP contribution is -2.47. The van der Waals surface area contributed by atoms with E-state index < -0.39 is 9.84 Å². The van der Waals surface area contributed by atoms with Gasteiger partial charge in [-0.2, -0.15) is 0 Å². The monoisotopic (exact) mass is 339 g/mol. The van der Waals surface area contributed by atoms with Crippen LogP contribution in [0, 0.1) is 29.1 Å². The van der Waals surface area contributed by atoms with Crippen molar-refractivity contribution in [3.63, 3.8) is 0 Å². The van der Waals surface area contributed by atoms with E-state index >= 15 is 0 Å². The van der Waals surface area contributed by atoms with Gasteiger partial charge in [-0.15, -0.1) is 0 Å². The van der Waals surface area contributed by atoms with Gasteiger partial charge >= 0.3 is 0 Å². The molecule has 23 heavy (non-hydrogen) atoms. The van der Waals surface area contributed by atoms with Crippen LogP contribution in [-0.4, -0.2) is 45.0 Å². The Bertz CT molecular complexity index is 506. The Morgan fingerprint density at radius 1 is 1.00 bits per heavy atom. The van der Waals surface area contributed by atoms with Crippen molar-refractivity contribution >= 4 is 9.84 Å². The highest BCUT2D eigenvalue weighted by Crippen LogP contribution is 2.61.